The second-order valence-electron chi connectivity index (χ2n) is 4.82. The molecule has 0 aliphatic rings. The van der Waals surface area contributed by atoms with Crippen LogP contribution in [0.1, 0.15) is 10.4 Å². The van der Waals surface area contributed by atoms with Crippen LogP contribution in [-0.4, -0.2) is 32.7 Å². The molecule has 128 valence electrons. The van der Waals surface area contributed by atoms with Crippen molar-refractivity contribution in [2.24, 2.45) is 0 Å². The first kappa shape index (κ1) is 17.5. The Morgan fingerprint density at radius 1 is 1.36 bits per heavy atom. The van der Waals surface area contributed by atoms with Gasteiger partial charge in [-0.1, -0.05) is 35.5 Å². The zero-order chi connectivity index (χ0) is 18.0. The van der Waals surface area contributed by atoms with Crippen LogP contribution in [0.15, 0.2) is 39.6 Å². The molecule has 0 atom stereocenters. The van der Waals surface area contributed by atoms with Crippen LogP contribution in [0, 0.1) is 0 Å². The molecule has 0 unspecified atom stereocenters. The fourth-order valence-electron chi connectivity index (χ4n) is 2.04. The van der Waals surface area contributed by atoms with Crippen LogP contribution in [0.25, 0.3) is 10.2 Å². The summed E-state index contributed by atoms with van der Waals surface area (Å²) in [5.41, 5.74) is -0.129. The van der Waals surface area contributed by atoms with Gasteiger partial charge in [-0.3, -0.25) is 9.59 Å². The maximum Gasteiger partial charge on any atom is 0.337 e. The van der Waals surface area contributed by atoms with Crippen LogP contribution in [0.2, 0.25) is 5.02 Å². The highest BCUT2D eigenvalue weighted by Gasteiger charge is 2.16. The van der Waals surface area contributed by atoms with E-state index in [-0.39, 0.29) is 27.8 Å². The molecular weight excluding hydrogens is 386 g/mol. The molecule has 25 heavy (non-hydrogen) atoms. The lowest BCUT2D eigenvalue weighted by atomic mass is 10.2. The molecule has 0 saturated heterocycles. The summed E-state index contributed by atoms with van der Waals surface area (Å²) in [6, 6.07) is 6.84. The Balaban J connectivity index is 1.73. The van der Waals surface area contributed by atoms with Crippen molar-refractivity contribution in [2.45, 2.75) is 5.16 Å². The first-order chi connectivity index (χ1) is 12.0. The number of aromatic nitrogens is 2. The number of aromatic amines is 1. The molecule has 1 aromatic carbocycles. The molecule has 0 saturated carbocycles. The number of para-hydroxylation sites is 1. The summed E-state index contributed by atoms with van der Waals surface area (Å²) in [6.07, 6.45) is 0. The molecule has 1 amide bonds. The Hall–Kier alpha value is -2.36. The quantitative estimate of drug-likeness (QED) is 0.452. The molecule has 3 rings (SSSR count). The Bertz CT molecular complexity index is 1030. The van der Waals surface area contributed by atoms with E-state index >= 15 is 0 Å². The number of amides is 1. The number of thioether (sulfide) groups is 1. The number of carbonyl (C=O) groups excluding carboxylic acids is 1. The number of benzene rings is 1. The van der Waals surface area contributed by atoms with Crippen LogP contribution >= 0.6 is 34.7 Å². The SMILES string of the molecule is O=C(CSc1nc2scc(C(=O)O)c2c(=O)[nH]1)Nc1ccccc1Cl. The first-order valence-electron chi connectivity index (χ1n) is 6.87. The smallest absolute Gasteiger partial charge is 0.337 e. The lowest BCUT2D eigenvalue weighted by molar-refractivity contribution is -0.113. The van der Waals surface area contributed by atoms with Crippen LogP contribution in [0.4, 0.5) is 5.69 Å². The number of H-pyrrole nitrogens is 1. The Morgan fingerprint density at radius 3 is 2.84 bits per heavy atom. The van der Waals surface area contributed by atoms with Gasteiger partial charge in [-0.05, 0) is 12.1 Å². The van der Waals surface area contributed by atoms with E-state index < -0.39 is 11.5 Å². The number of carbonyl (C=O) groups is 2. The first-order valence-corrected chi connectivity index (χ1v) is 9.12. The number of nitrogens with zero attached hydrogens (tertiary/aromatic N) is 1. The number of rotatable bonds is 5. The minimum Gasteiger partial charge on any atom is -0.478 e. The van der Waals surface area contributed by atoms with Gasteiger partial charge in [0.05, 0.1) is 27.4 Å². The predicted molar refractivity (Wildman–Crippen MR) is 98.0 cm³/mol. The van der Waals surface area contributed by atoms with Crippen molar-refractivity contribution in [1.29, 1.82) is 0 Å². The van der Waals surface area contributed by atoms with Gasteiger partial charge >= 0.3 is 5.97 Å². The van der Waals surface area contributed by atoms with E-state index in [0.29, 0.717) is 15.5 Å². The summed E-state index contributed by atoms with van der Waals surface area (Å²) in [7, 11) is 0. The summed E-state index contributed by atoms with van der Waals surface area (Å²) in [4.78, 5) is 42.2. The highest BCUT2D eigenvalue weighted by atomic mass is 35.5. The van der Waals surface area contributed by atoms with Crippen molar-refractivity contribution in [3.8, 4) is 0 Å². The third kappa shape index (κ3) is 3.84. The van der Waals surface area contributed by atoms with E-state index in [1.54, 1.807) is 24.3 Å². The molecule has 0 spiro atoms. The van der Waals surface area contributed by atoms with Gasteiger partial charge in [-0.15, -0.1) is 11.3 Å². The predicted octanol–water partition coefficient (Wildman–Crippen LogP) is 3.07. The minimum absolute atomic E-state index is 0.0107. The van der Waals surface area contributed by atoms with E-state index in [0.717, 1.165) is 23.1 Å². The number of carboxylic acids is 1. The zero-order valence-electron chi connectivity index (χ0n) is 12.4. The Labute approximate surface area is 154 Å². The van der Waals surface area contributed by atoms with Gasteiger partial charge in [0.15, 0.2) is 5.16 Å². The summed E-state index contributed by atoms with van der Waals surface area (Å²) < 4.78 is 0. The van der Waals surface area contributed by atoms with Gasteiger partial charge < -0.3 is 15.4 Å². The highest BCUT2D eigenvalue weighted by molar-refractivity contribution is 7.99. The third-order valence-electron chi connectivity index (χ3n) is 3.14. The van der Waals surface area contributed by atoms with Gasteiger partial charge in [0.2, 0.25) is 5.91 Å². The molecule has 2 aromatic heterocycles. The number of fused-ring (bicyclic) bond motifs is 1. The van der Waals surface area contributed by atoms with Crippen molar-refractivity contribution in [3.63, 3.8) is 0 Å². The maximum absolute atomic E-state index is 12.1. The Morgan fingerprint density at radius 2 is 2.12 bits per heavy atom. The van der Waals surface area contributed by atoms with Crippen LogP contribution < -0.4 is 10.9 Å². The number of nitrogens with one attached hydrogen (secondary N) is 2. The lowest BCUT2D eigenvalue weighted by Gasteiger charge is -2.06. The van der Waals surface area contributed by atoms with Gasteiger partial charge in [-0.2, -0.15) is 0 Å². The summed E-state index contributed by atoms with van der Waals surface area (Å²) in [5, 5.41) is 13.8. The average molecular weight is 396 g/mol. The van der Waals surface area contributed by atoms with Gasteiger partial charge in [-0.25, -0.2) is 9.78 Å². The van der Waals surface area contributed by atoms with Crippen LogP contribution in [0.5, 0.6) is 0 Å². The molecule has 7 nitrogen and oxygen atoms in total. The molecule has 0 fully saturated rings. The van der Waals surface area contributed by atoms with E-state index in [9.17, 15) is 14.4 Å². The molecule has 0 bridgehead atoms. The molecule has 10 heteroatoms. The zero-order valence-corrected chi connectivity index (χ0v) is 14.8. The van der Waals surface area contributed by atoms with Crippen molar-refractivity contribution in [2.75, 3.05) is 11.1 Å². The summed E-state index contributed by atoms with van der Waals surface area (Å²) >= 11 is 8.08. The fraction of sp³-hybridized carbons (Fsp3) is 0.0667. The summed E-state index contributed by atoms with van der Waals surface area (Å²) in [5.74, 6) is -1.48. The molecule has 0 aliphatic heterocycles. The van der Waals surface area contributed by atoms with E-state index in [1.807, 2.05) is 0 Å². The van der Waals surface area contributed by atoms with Crippen molar-refractivity contribution in [1.82, 2.24) is 9.97 Å². The lowest BCUT2D eigenvalue weighted by Crippen LogP contribution is -2.16. The molecular formula is C15H10ClN3O4S2. The standard InChI is InChI=1S/C15H10ClN3O4S2/c16-8-3-1-2-4-9(8)17-10(20)6-25-15-18-12(21)11-7(14(22)23)5-24-13(11)19-15/h1-5H,6H2,(H,17,20)(H,22,23)(H,18,19,21). The van der Waals surface area contributed by atoms with Crippen molar-refractivity contribution in [3.05, 3.63) is 50.6 Å². The number of halogens is 1. The molecule has 0 aliphatic carbocycles. The van der Waals surface area contributed by atoms with E-state index in [4.69, 9.17) is 16.7 Å². The van der Waals surface area contributed by atoms with Gasteiger partial charge in [0.25, 0.3) is 5.56 Å². The number of hydrogen-bond donors (Lipinski definition) is 3. The topological polar surface area (TPSA) is 112 Å². The van der Waals surface area contributed by atoms with E-state index in [1.165, 1.54) is 5.38 Å². The number of aromatic carboxylic acids is 1. The van der Waals surface area contributed by atoms with E-state index in [2.05, 4.69) is 15.3 Å². The van der Waals surface area contributed by atoms with Crippen molar-refractivity contribution >= 4 is 62.5 Å². The monoisotopic (exact) mass is 395 g/mol. The second kappa shape index (κ2) is 7.26. The highest BCUT2D eigenvalue weighted by Crippen LogP contribution is 2.24. The Kier molecular flexibility index (Phi) is 5.07. The van der Waals surface area contributed by atoms with Crippen molar-refractivity contribution < 1.29 is 14.7 Å². The third-order valence-corrected chi connectivity index (χ3v) is 5.22. The number of carboxylic acid groups (broad SMARTS) is 1. The van der Waals surface area contributed by atoms with Gasteiger partial charge in [0, 0.05) is 5.38 Å². The number of hydrogen-bond acceptors (Lipinski definition) is 6. The maximum atomic E-state index is 12.1. The molecule has 0 radical (unpaired) electrons. The van der Waals surface area contributed by atoms with Crippen LogP contribution in [-0.2, 0) is 4.79 Å². The molecule has 2 heterocycles. The average Bonchev–Trinajstić information content (AvgIpc) is 3.00. The normalized spacial score (nSPS) is 10.8. The molecule has 3 aromatic rings. The van der Waals surface area contributed by atoms with Crippen LogP contribution in [0.3, 0.4) is 0 Å². The summed E-state index contributed by atoms with van der Waals surface area (Å²) in [6.45, 7) is 0. The fourth-order valence-corrected chi connectivity index (χ4v) is 3.85. The largest absolute Gasteiger partial charge is 0.478 e. The second-order valence-corrected chi connectivity index (χ2v) is 7.05. The minimum atomic E-state index is -1.18. The molecule has 3 N–H and O–H groups in total. The van der Waals surface area contributed by atoms with Gasteiger partial charge in [0.1, 0.15) is 4.83 Å². The number of anilines is 1. The number of thiophene rings is 1.